The van der Waals surface area contributed by atoms with Gasteiger partial charge >= 0.3 is 12.1 Å². The van der Waals surface area contributed by atoms with Gasteiger partial charge in [0.2, 0.25) is 0 Å². The third-order valence-electron chi connectivity index (χ3n) is 7.03. The molecule has 0 bridgehead atoms. The first kappa shape index (κ1) is 34.1. The summed E-state index contributed by atoms with van der Waals surface area (Å²) in [7, 11) is 1.94. The van der Waals surface area contributed by atoms with Crippen molar-refractivity contribution in [3.05, 3.63) is 47.5 Å². The quantitative estimate of drug-likeness (QED) is 0.155. The number of piperidine rings is 1. The monoisotopic (exact) mass is 617 g/mol. The normalized spacial score (nSPS) is 17.3. The molecule has 0 aromatic heterocycles. The van der Waals surface area contributed by atoms with Crippen molar-refractivity contribution >= 4 is 20.1 Å². The zero-order valence-corrected chi connectivity index (χ0v) is 27.7. The topological polar surface area (TPSA) is 113 Å². The molecule has 1 heterocycles. The fraction of sp³-hybridized carbons (Fsp3) is 0.562. The molecular formula is C32H47NO9Si. The number of likely N-dealkylation sites (tertiary alicyclic amines) is 1. The van der Waals surface area contributed by atoms with Gasteiger partial charge in [-0.3, -0.25) is 4.79 Å². The number of carboxylic acids is 1. The smallest absolute Gasteiger partial charge is 0.410 e. The van der Waals surface area contributed by atoms with Gasteiger partial charge in [-0.25, -0.2) is 4.79 Å². The van der Waals surface area contributed by atoms with Crippen LogP contribution in [0, 0.1) is 5.92 Å². The van der Waals surface area contributed by atoms with Gasteiger partial charge in [-0.15, -0.1) is 0 Å². The first-order valence-corrected chi connectivity index (χ1v) is 18.3. The van der Waals surface area contributed by atoms with Crippen LogP contribution in [0.3, 0.4) is 0 Å². The lowest BCUT2D eigenvalue weighted by molar-refractivity contribution is -0.144. The predicted molar refractivity (Wildman–Crippen MR) is 166 cm³/mol. The Hall–Kier alpha value is -3.44. The van der Waals surface area contributed by atoms with Crippen molar-refractivity contribution in [1.82, 2.24) is 4.90 Å². The molecule has 1 N–H and O–H groups in total. The number of carboxylic acid groups (broad SMARTS) is 1. The Morgan fingerprint density at radius 2 is 1.53 bits per heavy atom. The summed E-state index contributed by atoms with van der Waals surface area (Å²) < 4.78 is 34.2. The van der Waals surface area contributed by atoms with E-state index < -0.39 is 31.7 Å². The van der Waals surface area contributed by atoms with Gasteiger partial charge in [0.15, 0.2) is 6.79 Å². The van der Waals surface area contributed by atoms with Crippen LogP contribution in [0.25, 0.3) is 0 Å². The highest BCUT2D eigenvalue weighted by Gasteiger charge is 2.38. The molecule has 2 aromatic carbocycles. The number of rotatable bonds is 13. The molecule has 1 amide bonds. The van der Waals surface area contributed by atoms with Crippen molar-refractivity contribution in [2.75, 3.05) is 40.7 Å². The molecule has 1 fully saturated rings. The van der Waals surface area contributed by atoms with E-state index in [1.165, 1.54) is 4.90 Å². The van der Waals surface area contributed by atoms with E-state index >= 15 is 0 Å². The maximum atomic E-state index is 12.7. The lowest BCUT2D eigenvalue weighted by Gasteiger charge is -2.37. The number of amides is 1. The SMILES string of the molecule is COc1cc(COc2cc(OCOCC[Si](C)(C)C)cc([C@H]3CCN(C(=O)OC(C)(C)C)C[C@@H]3C(=O)O)c2)cc(OC)c1. The summed E-state index contributed by atoms with van der Waals surface area (Å²) in [5.41, 5.74) is 0.927. The molecule has 2 atom stereocenters. The minimum Gasteiger partial charge on any atom is -0.497 e. The van der Waals surface area contributed by atoms with Crippen LogP contribution in [-0.4, -0.2) is 76.5 Å². The summed E-state index contributed by atoms with van der Waals surface area (Å²) in [5, 5.41) is 10.2. The number of hydrogen-bond acceptors (Lipinski definition) is 8. The van der Waals surface area contributed by atoms with Crippen LogP contribution < -0.4 is 18.9 Å². The number of hydrogen-bond donors (Lipinski definition) is 1. The first-order valence-electron chi connectivity index (χ1n) is 14.6. The van der Waals surface area contributed by atoms with Crippen molar-refractivity contribution < 1.29 is 43.1 Å². The molecule has 0 unspecified atom stereocenters. The second-order valence-electron chi connectivity index (χ2n) is 13.0. The fourth-order valence-corrected chi connectivity index (χ4v) is 5.49. The summed E-state index contributed by atoms with van der Waals surface area (Å²) in [5.74, 6) is 0.147. The van der Waals surface area contributed by atoms with Gasteiger partial charge in [0, 0.05) is 45.8 Å². The molecule has 0 aliphatic carbocycles. The molecule has 1 saturated heterocycles. The molecule has 11 heteroatoms. The highest BCUT2D eigenvalue weighted by atomic mass is 28.3. The van der Waals surface area contributed by atoms with Gasteiger partial charge < -0.3 is 38.4 Å². The van der Waals surface area contributed by atoms with Gasteiger partial charge in [-0.2, -0.15) is 0 Å². The van der Waals surface area contributed by atoms with E-state index in [1.54, 1.807) is 47.1 Å². The minimum atomic E-state index is -1.24. The van der Waals surface area contributed by atoms with Crippen LogP contribution in [-0.2, 0) is 20.9 Å². The highest BCUT2D eigenvalue weighted by molar-refractivity contribution is 6.76. The van der Waals surface area contributed by atoms with Gasteiger partial charge in [-0.05, 0) is 68.6 Å². The summed E-state index contributed by atoms with van der Waals surface area (Å²) in [6, 6.07) is 12.0. The number of ether oxygens (including phenoxy) is 6. The van der Waals surface area contributed by atoms with Gasteiger partial charge in [-0.1, -0.05) is 19.6 Å². The van der Waals surface area contributed by atoms with E-state index in [1.807, 2.05) is 24.3 Å². The third-order valence-corrected chi connectivity index (χ3v) is 8.74. The summed E-state index contributed by atoms with van der Waals surface area (Å²) in [4.78, 5) is 26.6. The molecule has 1 aliphatic heterocycles. The highest BCUT2D eigenvalue weighted by Crippen LogP contribution is 2.38. The summed E-state index contributed by atoms with van der Waals surface area (Å²) >= 11 is 0. The van der Waals surface area contributed by atoms with Crippen molar-refractivity contribution in [2.24, 2.45) is 5.92 Å². The van der Waals surface area contributed by atoms with Crippen LogP contribution in [0.1, 0.15) is 44.2 Å². The van der Waals surface area contributed by atoms with E-state index in [-0.39, 0.29) is 25.9 Å². The zero-order chi connectivity index (χ0) is 31.8. The van der Waals surface area contributed by atoms with Gasteiger partial charge in [0.25, 0.3) is 0 Å². The Balaban J connectivity index is 1.84. The van der Waals surface area contributed by atoms with E-state index in [0.717, 1.165) is 17.2 Å². The second kappa shape index (κ2) is 14.8. The third kappa shape index (κ3) is 11.0. The van der Waals surface area contributed by atoms with Crippen LogP contribution in [0.4, 0.5) is 4.79 Å². The summed E-state index contributed by atoms with van der Waals surface area (Å²) in [6.07, 6.45) is -0.0682. The molecular weight excluding hydrogens is 570 g/mol. The Kier molecular flexibility index (Phi) is 11.7. The van der Waals surface area contributed by atoms with Crippen LogP contribution in [0.2, 0.25) is 25.7 Å². The lowest BCUT2D eigenvalue weighted by Crippen LogP contribution is -2.47. The van der Waals surface area contributed by atoms with Gasteiger partial charge in [0.05, 0.1) is 20.1 Å². The number of carbonyl (C=O) groups is 2. The number of carbonyl (C=O) groups excluding carboxylic acids is 1. The number of nitrogens with zero attached hydrogens (tertiary/aromatic N) is 1. The molecule has 0 saturated carbocycles. The molecule has 2 aromatic rings. The minimum absolute atomic E-state index is 0.0413. The Morgan fingerprint density at radius 1 is 0.930 bits per heavy atom. The Morgan fingerprint density at radius 3 is 2.09 bits per heavy atom. The maximum absolute atomic E-state index is 12.7. The van der Waals surface area contributed by atoms with Crippen molar-refractivity contribution in [3.63, 3.8) is 0 Å². The average Bonchev–Trinajstić information content (AvgIpc) is 2.93. The maximum Gasteiger partial charge on any atom is 0.410 e. The second-order valence-corrected chi connectivity index (χ2v) is 18.6. The fourth-order valence-electron chi connectivity index (χ4n) is 4.73. The predicted octanol–water partition coefficient (Wildman–Crippen LogP) is 6.40. The summed E-state index contributed by atoms with van der Waals surface area (Å²) in [6.45, 7) is 13.5. The van der Waals surface area contributed by atoms with E-state index in [2.05, 4.69) is 19.6 Å². The number of methoxy groups -OCH3 is 2. The largest absolute Gasteiger partial charge is 0.497 e. The number of benzene rings is 2. The molecule has 0 radical (unpaired) electrons. The lowest BCUT2D eigenvalue weighted by atomic mass is 9.80. The first-order chi connectivity index (χ1) is 20.2. The standard InChI is InChI=1S/C32H47NO9Si/c1-32(2,3)42-31(36)33-10-9-28(29(19-33)30(34)35)23-15-26(18-27(16-23)41-21-39-11-12-43(6,7)8)40-20-22-13-24(37-4)17-25(14-22)38-5/h13-18,28-29H,9-12,19-21H2,1-8H3,(H,34,35)/t28-,29+/m1/s1. The molecule has 10 nitrogen and oxygen atoms in total. The zero-order valence-electron chi connectivity index (χ0n) is 26.7. The average molecular weight is 618 g/mol. The van der Waals surface area contributed by atoms with Crippen molar-refractivity contribution in [2.45, 2.75) is 71.0 Å². The molecule has 0 spiro atoms. The Labute approximate surface area is 256 Å². The van der Waals surface area contributed by atoms with Crippen LogP contribution in [0.5, 0.6) is 23.0 Å². The molecule has 43 heavy (non-hydrogen) atoms. The van der Waals surface area contributed by atoms with Crippen molar-refractivity contribution in [3.8, 4) is 23.0 Å². The molecule has 1 aliphatic rings. The van der Waals surface area contributed by atoms with E-state index in [9.17, 15) is 14.7 Å². The number of aliphatic carboxylic acids is 1. The molecule has 3 rings (SSSR count). The van der Waals surface area contributed by atoms with Crippen LogP contribution >= 0.6 is 0 Å². The van der Waals surface area contributed by atoms with E-state index in [0.29, 0.717) is 42.6 Å². The van der Waals surface area contributed by atoms with E-state index in [4.69, 9.17) is 28.4 Å². The van der Waals surface area contributed by atoms with Gasteiger partial charge in [0.1, 0.15) is 35.2 Å². The molecule has 238 valence electrons. The van der Waals surface area contributed by atoms with Crippen molar-refractivity contribution in [1.29, 1.82) is 0 Å². The Bertz CT molecular complexity index is 1220. The van der Waals surface area contributed by atoms with Crippen LogP contribution in [0.15, 0.2) is 36.4 Å².